The Morgan fingerprint density at radius 1 is 1.05 bits per heavy atom. The van der Waals surface area contributed by atoms with Crippen LogP contribution in [0.3, 0.4) is 0 Å². The number of ether oxygens (including phenoxy) is 4. The van der Waals surface area contributed by atoms with Crippen molar-refractivity contribution in [2.24, 2.45) is 0 Å². The Morgan fingerprint density at radius 2 is 1.60 bits per heavy atom. The number of rotatable bonds is 10. The molecular formula is C14H27NO5. The molecular weight excluding hydrogens is 262 g/mol. The third-order valence-electron chi connectivity index (χ3n) is 1.86. The second-order valence-electron chi connectivity index (χ2n) is 5.20. The first kappa shape index (κ1) is 18.7. The topological polar surface area (TPSA) is 66.0 Å². The number of alkyl carbamates (subject to hydrolysis) is 1. The van der Waals surface area contributed by atoms with Crippen molar-refractivity contribution in [1.82, 2.24) is 5.32 Å². The van der Waals surface area contributed by atoms with Crippen molar-refractivity contribution in [2.75, 3.05) is 39.6 Å². The van der Waals surface area contributed by atoms with E-state index in [1.807, 2.05) is 20.8 Å². The minimum Gasteiger partial charge on any atom is -0.496 e. The molecule has 0 unspecified atom stereocenters. The highest BCUT2D eigenvalue weighted by atomic mass is 16.6. The summed E-state index contributed by atoms with van der Waals surface area (Å²) in [6, 6.07) is 0. The molecule has 0 bridgehead atoms. The van der Waals surface area contributed by atoms with Crippen molar-refractivity contribution in [3.63, 3.8) is 0 Å². The maximum Gasteiger partial charge on any atom is 0.407 e. The van der Waals surface area contributed by atoms with Crippen molar-refractivity contribution in [2.45, 2.75) is 33.3 Å². The molecule has 0 fully saturated rings. The van der Waals surface area contributed by atoms with Crippen LogP contribution in [0, 0.1) is 0 Å². The van der Waals surface area contributed by atoms with Gasteiger partial charge in [-0.05, 0) is 27.7 Å². The molecule has 0 aromatic rings. The lowest BCUT2D eigenvalue weighted by Crippen LogP contribution is -2.34. The molecule has 0 spiro atoms. The zero-order valence-electron chi connectivity index (χ0n) is 13.0. The van der Waals surface area contributed by atoms with Gasteiger partial charge in [-0.15, -0.1) is 0 Å². The molecule has 6 nitrogen and oxygen atoms in total. The molecule has 1 N–H and O–H groups in total. The van der Waals surface area contributed by atoms with E-state index < -0.39 is 11.7 Å². The average molecular weight is 289 g/mol. The lowest BCUT2D eigenvalue weighted by Gasteiger charge is -2.19. The molecule has 0 saturated carbocycles. The van der Waals surface area contributed by atoms with Crippen molar-refractivity contribution >= 4 is 6.09 Å². The van der Waals surface area contributed by atoms with Gasteiger partial charge in [0.05, 0.1) is 32.2 Å². The number of nitrogens with one attached hydrogen (secondary N) is 1. The predicted molar refractivity (Wildman–Crippen MR) is 76.6 cm³/mol. The summed E-state index contributed by atoms with van der Waals surface area (Å²) < 4.78 is 20.8. The van der Waals surface area contributed by atoms with E-state index in [4.69, 9.17) is 18.9 Å². The van der Waals surface area contributed by atoms with E-state index in [1.54, 1.807) is 6.92 Å². The van der Waals surface area contributed by atoms with Gasteiger partial charge >= 0.3 is 6.09 Å². The number of hydrogen-bond donors (Lipinski definition) is 1. The van der Waals surface area contributed by atoms with Gasteiger partial charge in [-0.2, -0.15) is 0 Å². The van der Waals surface area contributed by atoms with Gasteiger partial charge in [0.15, 0.2) is 0 Å². The average Bonchev–Trinajstić information content (AvgIpc) is 2.28. The zero-order chi connectivity index (χ0) is 15.4. The van der Waals surface area contributed by atoms with Crippen molar-refractivity contribution in [3.05, 3.63) is 12.3 Å². The van der Waals surface area contributed by atoms with Gasteiger partial charge in [0.25, 0.3) is 0 Å². The van der Waals surface area contributed by atoms with E-state index in [1.165, 1.54) is 0 Å². The summed E-state index contributed by atoms with van der Waals surface area (Å²) in [4.78, 5) is 11.3. The van der Waals surface area contributed by atoms with Crippen LogP contribution in [-0.4, -0.2) is 51.3 Å². The lowest BCUT2D eigenvalue weighted by atomic mass is 10.2. The molecule has 0 aliphatic rings. The van der Waals surface area contributed by atoms with Crippen LogP contribution in [0.1, 0.15) is 27.7 Å². The van der Waals surface area contributed by atoms with Crippen LogP contribution in [0.2, 0.25) is 0 Å². The summed E-state index contributed by atoms with van der Waals surface area (Å²) >= 11 is 0. The van der Waals surface area contributed by atoms with E-state index in [0.717, 1.165) is 0 Å². The second-order valence-corrected chi connectivity index (χ2v) is 5.20. The Morgan fingerprint density at radius 3 is 2.15 bits per heavy atom. The maximum atomic E-state index is 11.3. The number of carbonyl (C=O) groups excluding carboxylic acids is 1. The van der Waals surface area contributed by atoms with Gasteiger partial charge in [-0.25, -0.2) is 4.79 Å². The highest BCUT2D eigenvalue weighted by Gasteiger charge is 2.15. The number of amides is 1. The monoisotopic (exact) mass is 289 g/mol. The van der Waals surface area contributed by atoms with Crippen LogP contribution in [0.15, 0.2) is 12.3 Å². The Bertz CT molecular complexity index is 286. The van der Waals surface area contributed by atoms with Crippen LogP contribution >= 0.6 is 0 Å². The summed E-state index contributed by atoms with van der Waals surface area (Å²) in [6.07, 6.45) is -0.436. The fourth-order valence-corrected chi connectivity index (χ4v) is 1.14. The minimum atomic E-state index is -0.482. The van der Waals surface area contributed by atoms with Crippen LogP contribution in [0.4, 0.5) is 4.79 Å². The third-order valence-corrected chi connectivity index (χ3v) is 1.86. The molecule has 20 heavy (non-hydrogen) atoms. The third kappa shape index (κ3) is 14.8. The molecule has 0 aromatic carbocycles. The van der Waals surface area contributed by atoms with E-state index in [-0.39, 0.29) is 0 Å². The van der Waals surface area contributed by atoms with Crippen molar-refractivity contribution < 1.29 is 23.7 Å². The second kappa shape index (κ2) is 10.5. The predicted octanol–water partition coefficient (Wildman–Crippen LogP) is 2.09. The maximum absolute atomic E-state index is 11.3. The molecule has 0 aromatic heterocycles. The number of carbonyl (C=O) groups is 1. The van der Waals surface area contributed by atoms with Gasteiger partial charge in [0.1, 0.15) is 12.2 Å². The first-order valence-electron chi connectivity index (χ1n) is 6.72. The van der Waals surface area contributed by atoms with E-state index >= 15 is 0 Å². The number of allylic oxidation sites excluding steroid dienone is 1. The molecule has 0 radical (unpaired) electrons. The summed E-state index contributed by atoms with van der Waals surface area (Å²) in [6.45, 7) is 13.7. The van der Waals surface area contributed by atoms with Gasteiger partial charge in [-0.1, -0.05) is 6.58 Å². The first-order chi connectivity index (χ1) is 9.31. The zero-order valence-corrected chi connectivity index (χ0v) is 13.0. The molecule has 0 atom stereocenters. The van der Waals surface area contributed by atoms with Gasteiger partial charge < -0.3 is 24.3 Å². The smallest absolute Gasteiger partial charge is 0.407 e. The summed E-state index contributed by atoms with van der Waals surface area (Å²) in [7, 11) is 0. The molecule has 0 saturated heterocycles. The van der Waals surface area contributed by atoms with E-state index in [0.29, 0.717) is 45.3 Å². The molecule has 0 rings (SSSR count). The summed E-state index contributed by atoms with van der Waals surface area (Å²) in [5.41, 5.74) is -0.482. The Hall–Kier alpha value is -1.27. The minimum absolute atomic E-state index is 0.410. The quantitative estimate of drug-likeness (QED) is 0.493. The largest absolute Gasteiger partial charge is 0.496 e. The number of hydrogen-bond acceptors (Lipinski definition) is 5. The fraction of sp³-hybridized carbons (Fsp3) is 0.786. The normalized spacial score (nSPS) is 11.0. The molecule has 6 heteroatoms. The molecule has 0 heterocycles. The highest BCUT2D eigenvalue weighted by molar-refractivity contribution is 5.67. The SMILES string of the molecule is C=C(C)OCCOCCOCCNC(=O)OC(C)(C)C. The first-order valence-corrected chi connectivity index (χ1v) is 6.72. The summed E-state index contributed by atoms with van der Waals surface area (Å²) in [5.74, 6) is 0.679. The highest BCUT2D eigenvalue weighted by Crippen LogP contribution is 2.05. The van der Waals surface area contributed by atoms with Crippen LogP contribution < -0.4 is 5.32 Å². The molecule has 0 aliphatic heterocycles. The standard InChI is InChI=1S/C14H27NO5/c1-12(2)19-11-10-18-9-8-17-7-6-15-13(16)20-14(3,4)5/h1,6-11H2,2-5H3,(H,15,16). The molecule has 118 valence electrons. The molecule has 0 aliphatic carbocycles. The van der Waals surface area contributed by atoms with Crippen LogP contribution in [0.5, 0.6) is 0 Å². The van der Waals surface area contributed by atoms with E-state index in [2.05, 4.69) is 11.9 Å². The van der Waals surface area contributed by atoms with E-state index in [9.17, 15) is 4.79 Å². The Kier molecular flexibility index (Phi) is 9.84. The Labute approximate surface area is 121 Å². The molecule has 1 amide bonds. The van der Waals surface area contributed by atoms with Gasteiger partial charge in [0, 0.05) is 6.54 Å². The lowest BCUT2D eigenvalue weighted by molar-refractivity contribution is 0.0256. The van der Waals surface area contributed by atoms with Crippen LogP contribution in [-0.2, 0) is 18.9 Å². The van der Waals surface area contributed by atoms with Crippen LogP contribution in [0.25, 0.3) is 0 Å². The Balaban J connectivity index is 3.25. The van der Waals surface area contributed by atoms with Crippen molar-refractivity contribution in [3.8, 4) is 0 Å². The van der Waals surface area contributed by atoms with Crippen molar-refractivity contribution in [1.29, 1.82) is 0 Å². The van der Waals surface area contributed by atoms with Gasteiger partial charge in [0.2, 0.25) is 0 Å². The fourth-order valence-electron chi connectivity index (χ4n) is 1.14. The van der Waals surface area contributed by atoms with Gasteiger partial charge in [-0.3, -0.25) is 0 Å². The summed E-state index contributed by atoms with van der Waals surface area (Å²) in [5, 5.41) is 2.61.